The minimum atomic E-state index is -0.408. The molecule has 0 unspecified atom stereocenters. The molecule has 1 rings (SSSR count). The maximum atomic E-state index is 11.7. The highest BCUT2D eigenvalue weighted by Gasteiger charge is 2.39. The van der Waals surface area contributed by atoms with Crippen molar-refractivity contribution >= 4 is 5.97 Å². The molecule has 1 fully saturated rings. The number of hydrogen-bond donors (Lipinski definition) is 0. The van der Waals surface area contributed by atoms with Gasteiger partial charge < -0.3 is 4.74 Å². The minimum absolute atomic E-state index is 0.0955. The van der Waals surface area contributed by atoms with Crippen molar-refractivity contribution in [1.29, 1.82) is 0 Å². The maximum absolute atomic E-state index is 11.7. The van der Waals surface area contributed by atoms with Gasteiger partial charge in [0.2, 0.25) is 0 Å². The zero-order valence-electron chi connectivity index (χ0n) is 9.51. The number of piperidine rings is 1. The monoisotopic (exact) mass is 199 g/mol. The number of methoxy groups -OCH3 is 1. The number of hydrogen-bond acceptors (Lipinski definition) is 3. The van der Waals surface area contributed by atoms with Crippen molar-refractivity contribution in [3.63, 3.8) is 0 Å². The Labute approximate surface area is 86.4 Å². The molecule has 1 heterocycles. The summed E-state index contributed by atoms with van der Waals surface area (Å²) in [5, 5.41) is 0. The number of esters is 1. The Bertz CT molecular complexity index is 199. The summed E-state index contributed by atoms with van der Waals surface area (Å²) in [5.41, 5.74) is -0.408. The average molecular weight is 199 g/mol. The lowest BCUT2D eigenvalue weighted by Gasteiger charge is -2.40. The van der Waals surface area contributed by atoms with Crippen molar-refractivity contribution in [2.75, 3.05) is 20.2 Å². The average Bonchev–Trinajstić information content (AvgIpc) is 2.28. The number of carbonyl (C=O) groups is 1. The van der Waals surface area contributed by atoms with Crippen LogP contribution >= 0.6 is 0 Å². The first-order valence-electron chi connectivity index (χ1n) is 5.48. The molecule has 0 aromatic rings. The summed E-state index contributed by atoms with van der Waals surface area (Å²) in [5.74, 6) is -0.0955. The quantitative estimate of drug-likeness (QED) is 0.649. The topological polar surface area (TPSA) is 29.5 Å². The Hall–Kier alpha value is -0.570. The molecule has 82 valence electrons. The molecule has 0 aromatic carbocycles. The van der Waals surface area contributed by atoms with E-state index in [1.54, 1.807) is 0 Å². The highest BCUT2D eigenvalue weighted by atomic mass is 16.5. The van der Waals surface area contributed by atoms with Gasteiger partial charge in [-0.1, -0.05) is 13.3 Å². The van der Waals surface area contributed by atoms with Crippen LogP contribution in [0.1, 0.15) is 39.5 Å². The predicted molar refractivity (Wildman–Crippen MR) is 56.1 cm³/mol. The van der Waals surface area contributed by atoms with E-state index < -0.39 is 5.54 Å². The van der Waals surface area contributed by atoms with Crippen molar-refractivity contribution in [1.82, 2.24) is 4.90 Å². The summed E-state index contributed by atoms with van der Waals surface area (Å²) in [4.78, 5) is 14.0. The van der Waals surface area contributed by atoms with Crippen LogP contribution < -0.4 is 0 Å². The second kappa shape index (κ2) is 4.78. The van der Waals surface area contributed by atoms with Crippen molar-refractivity contribution in [2.45, 2.75) is 45.1 Å². The van der Waals surface area contributed by atoms with Crippen LogP contribution in [0.3, 0.4) is 0 Å². The van der Waals surface area contributed by atoms with Crippen molar-refractivity contribution in [3.8, 4) is 0 Å². The minimum Gasteiger partial charge on any atom is -0.468 e. The zero-order chi connectivity index (χ0) is 10.6. The third-order valence-electron chi connectivity index (χ3n) is 3.37. The lowest BCUT2D eigenvalue weighted by atomic mass is 9.93. The van der Waals surface area contributed by atoms with E-state index in [0.717, 1.165) is 19.5 Å². The summed E-state index contributed by atoms with van der Waals surface area (Å²) in [7, 11) is 1.47. The van der Waals surface area contributed by atoms with E-state index in [2.05, 4.69) is 4.90 Å². The van der Waals surface area contributed by atoms with Crippen LogP contribution in [0, 0.1) is 0 Å². The zero-order valence-corrected chi connectivity index (χ0v) is 9.51. The van der Waals surface area contributed by atoms with Crippen LogP contribution in [-0.4, -0.2) is 36.6 Å². The molecule has 1 aliphatic rings. The molecule has 0 bridgehead atoms. The number of rotatable bonds is 3. The molecule has 14 heavy (non-hydrogen) atoms. The molecular formula is C11H21NO2. The highest BCUT2D eigenvalue weighted by Crippen LogP contribution is 2.25. The number of nitrogens with zero attached hydrogens (tertiary/aromatic N) is 1. The number of likely N-dealkylation sites (tertiary alicyclic amines) is 1. The van der Waals surface area contributed by atoms with Gasteiger partial charge in [-0.15, -0.1) is 0 Å². The SMILES string of the molecule is CC[C@](C)(C(=O)OC)N1CCCCC1. The molecule has 3 nitrogen and oxygen atoms in total. The summed E-state index contributed by atoms with van der Waals surface area (Å²) >= 11 is 0. The maximum Gasteiger partial charge on any atom is 0.325 e. The summed E-state index contributed by atoms with van der Waals surface area (Å²) in [6.07, 6.45) is 4.51. The Kier molecular flexibility index (Phi) is 3.93. The van der Waals surface area contributed by atoms with Gasteiger partial charge in [0, 0.05) is 0 Å². The number of carbonyl (C=O) groups excluding carboxylic acids is 1. The summed E-state index contributed by atoms with van der Waals surface area (Å²) in [6, 6.07) is 0. The Morgan fingerprint density at radius 2 is 1.93 bits per heavy atom. The van der Waals surface area contributed by atoms with E-state index in [1.807, 2.05) is 13.8 Å². The van der Waals surface area contributed by atoms with Gasteiger partial charge in [0.25, 0.3) is 0 Å². The van der Waals surface area contributed by atoms with E-state index in [0.29, 0.717) is 0 Å². The molecule has 1 saturated heterocycles. The van der Waals surface area contributed by atoms with E-state index in [4.69, 9.17) is 4.74 Å². The molecule has 0 saturated carbocycles. The second-order valence-corrected chi connectivity index (χ2v) is 4.17. The molecule has 0 aromatic heterocycles. The standard InChI is InChI=1S/C11H21NO2/c1-4-11(2,10(13)14-3)12-8-6-5-7-9-12/h4-9H2,1-3H3/t11-/m1/s1. The fourth-order valence-corrected chi connectivity index (χ4v) is 2.10. The number of ether oxygens (including phenoxy) is 1. The van der Waals surface area contributed by atoms with E-state index in [-0.39, 0.29) is 5.97 Å². The van der Waals surface area contributed by atoms with Gasteiger partial charge in [-0.2, -0.15) is 0 Å². The fraction of sp³-hybridized carbons (Fsp3) is 0.909. The molecule has 1 atom stereocenters. The van der Waals surface area contributed by atoms with Crippen LogP contribution in [0.4, 0.5) is 0 Å². The lowest BCUT2D eigenvalue weighted by molar-refractivity contribution is -0.155. The lowest BCUT2D eigenvalue weighted by Crippen LogP contribution is -2.54. The van der Waals surface area contributed by atoms with Gasteiger partial charge in [0.1, 0.15) is 5.54 Å². The molecular weight excluding hydrogens is 178 g/mol. The first-order chi connectivity index (χ1) is 6.65. The summed E-state index contributed by atoms with van der Waals surface area (Å²) in [6.45, 7) is 6.09. The largest absolute Gasteiger partial charge is 0.468 e. The Morgan fingerprint density at radius 3 is 2.36 bits per heavy atom. The highest BCUT2D eigenvalue weighted by molar-refractivity contribution is 5.80. The van der Waals surface area contributed by atoms with Gasteiger partial charge in [-0.3, -0.25) is 9.69 Å². The normalized spacial score (nSPS) is 22.8. The van der Waals surface area contributed by atoms with Gasteiger partial charge in [-0.25, -0.2) is 0 Å². The molecule has 1 aliphatic heterocycles. The first-order valence-corrected chi connectivity index (χ1v) is 5.48. The van der Waals surface area contributed by atoms with Gasteiger partial charge in [-0.05, 0) is 39.3 Å². The van der Waals surface area contributed by atoms with Crippen LogP contribution in [0.5, 0.6) is 0 Å². The third-order valence-corrected chi connectivity index (χ3v) is 3.37. The van der Waals surface area contributed by atoms with Crippen LogP contribution in [0.15, 0.2) is 0 Å². The molecule has 0 radical (unpaired) electrons. The first kappa shape index (κ1) is 11.5. The predicted octanol–water partition coefficient (Wildman–Crippen LogP) is 1.81. The molecule has 0 aliphatic carbocycles. The second-order valence-electron chi connectivity index (χ2n) is 4.17. The molecule has 0 spiro atoms. The molecule has 3 heteroatoms. The third kappa shape index (κ3) is 2.08. The molecule has 0 N–H and O–H groups in total. The van der Waals surface area contributed by atoms with E-state index in [9.17, 15) is 4.79 Å². The Morgan fingerprint density at radius 1 is 1.36 bits per heavy atom. The Balaban J connectivity index is 2.71. The van der Waals surface area contributed by atoms with Crippen molar-refractivity contribution in [3.05, 3.63) is 0 Å². The van der Waals surface area contributed by atoms with Gasteiger partial charge in [0.15, 0.2) is 0 Å². The fourth-order valence-electron chi connectivity index (χ4n) is 2.10. The van der Waals surface area contributed by atoms with E-state index >= 15 is 0 Å². The van der Waals surface area contributed by atoms with Crippen molar-refractivity contribution < 1.29 is 9.53 Å². The summed E-state index contributed by atoms with van der Waals surface area (Å²) < 4.78 is 4.88. The molecule has 0 amide bonds. The smallest absolute Gasteiger partial charge is 0.325 e. The van der Waals surface area contributed by atoms with Crippen molar-refractivity contribution in [2.24, 2.45) is 0 Å². The van der Waals surface area contributed by atoms with Crippen LogP contribution in [0.2, 0.25) is 0 Å². The van der Waals surface area contributed by atoms with Crippen LogP contribution in [-0.2, 0) is 9.53 Å². The van der Waals surface area contributed by atoms with E-state index in [1.165, 1.54) is 26.4 Å². The van der Waals surface area contributed by atoms with Gasteiger partial charge >= 0.3 is 5.97 Å². The van der Waals surface area contributed by atoms with Crippen LogP contribution in [0.25, 0.3) is 0 Å². The van der Waals surface area contributed by atoms with Gasteiger partial charge in [0.05, 0.1) is 7.11 Å².